The summed E-state index contributed by atoms with van der Waals surface area (Å²) in [6.07, 6.45) is 4.53. The second-order valence-electron chi connectivity index (χ2n) is 2.27. The maximum atomic E-state index is 10.8. The molecular formula is C8H13NO3. The first-order valence-electron chi connectivity index (χ1n) is 3.52. The molecule has 0 saturated heterocycles. The standard InChI is InChI=1S/C8H13NO3/c1-4-5-12-6(2)7(9)8(10)11-3/h1,6-7H,5,9H2,2-3H3/t6-,7+/m1/s1. The molecule has 0 aliphatic rings. The van der Waals surface area contributed by atoms with Crippen molar-refractivity contribution in [3.8, 4) is 12.3 Å². The monoisotopic (exact) mass is 171 g/mol. The number of esters is 1. The van der Waals surface area contributed by atoms with Gasteiger partial charge in [-0.15, -0.1) is 6.42 Å². The summed E-state index contributed by atoms with van der Waals surface area (Å²) in [5.74, 6) is 1.78. The van der Waals surface area contributed by atoms with E-state index < -0.39 is 18.1 Å². The van der Waals surface area contributed by atoms with Gasteiger partial charge >= 0.3 is 5.97 Å². The summed E-state index contributed by atoms with van der Waals surface area (Å²) in [5, 5.41) is 0. The van der Waals surface area contributed by atoms with Gasteiger partial charge in [0.2, 0.25) is 0 Å². The minimum atomic E-state index is -0.775. The molecule has 12 heavy (non-hydrogen) atoms. The fourth-order valence-electron chi connectivity index (χ4n) is 0.611. The lowest BCUT2D eigenvalue weighted by molar-refractivity contribution is -0.145. The van der Waals surface area contributed by atoms with Crippen molar-refractivity contribution in [3.63, 3.8) is 0 Å². The molecule has 0 aromatic carbocycles. The van der Waals surface area contributed by atoms with E-state index in [0.29, 0.717) is 0 Å². The topological polar surface area (TPSA) is 61.5 Å². The normalized spacial score (nSPS) is 14.5. The van der Waals surface area contributed by atoms with Crippen LogP contribution in [0.2, 0.25) is 0 Å². The van der Waals surface area contributed by atoms with Crippen molar-refractivity contribution in [2.24, 2.45) is 5.73 Å². The summed E-state index contributed by atoms with van der Waals surface area (Å²) < 4.78 is 9.43. The molecule has 0 aliphatic carbocycles. The van der Waals surface area contributed by atoms with E-state index in [-0.39, 0.29) is 6.61 Å². The average Bonchev–Trinajstić information content (AvgIpc) is 2.11. The van der Waals surface area contributed by atoms with Crippen molar-refractivity contribution in [1.82, 2.24) is 0 Å². The highest BCUT2D eigenvalue weighted by molar-refractivity contribution is 5.75. The van der Waals surface area contributed by atoms with E-state index in [2.05, 4.69) is 10.7 Å². The van der Waals surface area contributed by atoms with E-state index >= 15 is 0 Å². The molecule has 0 amide bonds. The zero-order valence-electron chi connectivity index (χ0n) is 7.24. The number of nitrogens with two attached hydrogens (primary N) is 1. The summed E-state index contributed by atoms with van der Waals surface area (Å²) in [5.41, 5.74) is 5.44. The molecule has 0 aromatic rings. The average molecular weight is 171 g/mol. The SMILES string of the molecule is C#CCO[C@H](C)[C@H](N)C(=O)OC. The highest BCUT2D eigenvalue weighted by Gasteiger charge is 2.21. The van der Waals surface area contributed by atoms with Crippen molar-refractivity contribution in [1.29, 1.82) is 0 Å². The van der Waals surface area contributed by atoms with Gasteiger partial charge in [-0.2, -0.15) is 0 Å². The Labute approximate surface area is 72.0 Å². The largest absolute Gasteiger partial charge is 0.468 e. The molecule has 68 valence electrons. The Bertz CT molecular complexity index is 185. The minimum Gasteiger partial charge on any atom is -0.468 e. The fourth-order valence-corrected chi connectivity index (χ4v) is 0.611. The molecule has 0 fully saturated rings. The van der Waals surface area contributed by atoms with Crippen LogP contribution in [0.3, 0.4) is 0 Å². The molecule has 0 aromatic heterocycles. The summed E-state index contributed by atoms with van der Waals surface area (Å²) >= 11 is 0. The predicted octanol–water partition coefficient (Wildman–Crippen LogP) is -0.475. The lowest BCUT2D eigenvalue weighted by Gasteiger charge is -2.16. The summed E-state index contributed by atoms with van der Waals surface area (Å²) in [4.78, 5) is 10.8. The van der Waals surface area contributed by atoms with Crippen LogP contribution in [-0.4, -0.2) is 31.8 Å². The number of carbonyl (C=O) groups excluding carboxylic acids is 1. The van der Waals surface area contributed by atoms with Crippen molar-refractivity contribution in [2.75, 3.05) is 13.7 Å². The third-order valence-electron chi connectivity index (χ3n) is 1.41. The van der Waals surface area contributed by atoms with E-state index in [9.17, 15) is 4.79 Å². The first kappa shape index (κ1) is 11.0. The van der Waals surface area contributed by atoms with Crippen LogP contribution in [0, 0.1) is 12.3 Å². The van der Waals surface area contributed by atoms with E-state index in [1.807, 2.05) is 0 Å². The Hall–Kier alpha value is -1.05. The Balaban J connectivity index is 3.85. The van der Waals surface area contributed by atoms with Crippen LogP contribution in [0.25, 0.3) is 0 Å². The molecule has 0 bridgehead atoms. The minimum absolute atomic E-state index is 0.145. The second-order valence-corrected chi connectivity index (χ2v) is 2.27. The molecule has 0 spiro atoms. The zero-order chi connectivity index (χ0) is 9.56. The first-order valence-corrected chi connectivity index (χ1v) is 3.52. The van der Waals surface area contributed by atoms with Crippen LogP contribution >= 0.6 is 0 Å². The predicted molar refractivity (Wildman–Crippen MR) is 44.2 cm³/mol. The number of ether oxygens (including phenoxy) is 2. The van der Waals surface area contributed by atoms with Crippen LogP contribution < -0.4 is 5.73 Å². The van der Waals surface area contributed by atoms with Crippen molar-refractivity contribution >= 4 is 5.97 Å². The highest BCUT2D eigenvalue weighted by atomic mass is 16.5. The summed E-state index contributed by atoms with van der Waals surface area (Å²) in [7, 11) is 1.27. The molecular weight excluding hydrogens is 158 g/mol. The second kappa shape index (κ2) is 5.58. The molecule has 4 nitrogen and oxygen atoms in total. The zero-order valence-corrected chi connectivity index (χ0v) is 7.24. The Morgan fingerprint density at radius 3 is 2.75 bits per heavy atom. The van der Waals surface area contributed by atoms with Crippen LogP contribution in [0.1, 0.15) is 6.92 Å². The Morgan fingerprint density at radius 1 is 1.75 bits per heavy atom. The lowest BCUT2D eigenvalue weighted by Crippen LogP contribution is -2.42. The van der Waals surface area contributed by atoms with Crippen LogP contribution in [0.5, 0.6) is 0 Å². The quantitative estimate of drug-likeness (QED) is 0.458. The van der Waals surface area contributed by atoms with E-state index in [4.69, 9.17) is 16.9 Å². The fraction of sp³-hybridized carbons (Fsp3) is 0.625. The Kier molecular flexibility index (Phi) is 5.09. The van der Waals surface area contributed by atoms with Crippen LogP contribution in [0.15, 0.2) is 0 Å². The number of hydrogen-bond donors (Lipinski definition) is 1. The van der Waals surface area contributed by atoms with Gasteiger partial charge in [-0.1, -0.05) is 5.92 Å². The summed E-state index contributed by atoms with van der Waals surface area (Å²) in [6, 6.07) is -0.775. The highest BCUT2D eigenvalue weighted by Crippen LogP contribution is 1.97. The van der Waals surface area contributed by atoms with Gasteiger partial charge in [0.25, 0.3) is 0 Å². The smallest absolute Gasteiger partial charge is 0.325 e. The van der Waals surface area contributed by atoms with Crippen molar-refractivity contribution in [2.45, 2.75) is 19.1 Å². The molecule has 0 unspecified atom stereocenters. The Morgan fingerprint density at radius 2 is 2.33 bits per heavy atom. The van der Waals surface area contributed by atoms with Gasteiger partial charge in [-0.3, -0.25) is 4.79 Å². The van der Waals surface area contributed by atoms with E-state index in [0.717, 1.165) is 0 Å². The molecule has 2 atom stereocenters. The molecule has 0 aliphatic heterocycles. The molecule has 4 heteroatoms. The first-order chi connectivity index (χ1) is 5.63. The molecule has 0 radical (unpaired) electrons. The summed E-state index contributed by atoms with van der Waals surface area (Å²) in [6.45, 7) is 1.81. The van der Waals surface area contributed by atoms with E-state index in [1.165, 1.54) is 7.11 Å². The third-order valence-corrected chi connectivity index (χ3v) is 1.41. The number of methoxy groups -OCH3 is 1. The third kappa shape index (κ3) is 3.37. The van der Waals surface area contributed by atoms with Gasteiger partial charge in [0, 0.05) is 0 Å². The van der Waals surface area contributed by atoms with Crippen LogP contribution in [0.4, 0.5) is 0 Å². The number of terminal acetylenes is 1. The van der Waals surface area contributed by atoms with Crippen molar-refractivity contribution in [3.05, 3.63) is 0 Å². The maximum absolute atomic E-state index is 10.8. The molecule has 0 saturated carbocycles. The molecule has 0 heterocycles. The lowest BCUT2D eigenvalue weighted by atomic mass is 10.2. The number of rotatable bonds is 4. The molecule has 2 N–H and O–H groups in total. The van der Waals surface area contributed by atoms with Crippen LogP contribution in [-0.2, 0) is 14.3 Å². The molecule has 0 rings (SSSR count). The van der Waals surface area contributed by atoms with Gasteiger partial charge < -0.3 is 15.2 Å². The van der Waals surface area contributed by atoms with Crippen molar-refractivity contribution < 1.29 is 14.3 Å². The number of hydrogen-bond acceptors (Lipinski definition) is 4. The maximum Gasteiger partial charge on any atom is 0.325 e. The van der Waals surface area contributed by atoms with E-state index in [1.54, 1.807) is 6.92 Å². The van der Waals surface area contributed by atoms with Gasteiger partial charge in [0.15, 0.2) is 0 Å². The van der Waals surface area contributed by atoms with Gasteiger partial charge in [0.1, 0.15) is 12.6 Å². The van der Waals surface area contributed by atoms with Gasteiger partial charge in [-0.05, 0) is 6.92 Å². The van der Waals surface area contributed by atoms with Gasteiger partial charge in [0.05, 0.1) is 13.2 Å². The number of carbonyl (C=O) groups is 1. The van der Waals surface area contributed by atoms with Gasteiger partial charge in [-0.25, -0.2) is 0 Å².